The summed E-state index contributed by atoms with van der Waals surface area (Å²) in [5.41, 5.74) is 1.65. The van der Waals surface area contributed by atoms with Crippen molar-refractivity contribution in [2.75, 3.05) is 0 Å². The first-order valence-electron chi connectivity index (χ1n) is 5.89. The van der Waals surface area contributed by atoms with Gasteiger partial charge in [-0.25, -0.2) is 0 Å². The summed E-state index contributed by atoms with van der Waals surface area (Å²) >= 11 is 0. The summed E-state index contributed by atoms with van der Waals surface area (Å²) in [6.07, 6.45) is 1.41. The zero-order chi connectivity index (χ0) is 10.5. The summed E-state index contributed by atoms with van der Waals surface area (Å²) < 4.78 is 0. The minimum absolute atomic E-state index is 0.809. The molecule has 0 aromatic heterocycles. The van der Waals surface area contributed by atoms with Crippen LogP contribution in [0.4, 0.5) is 0 Å². The Balaban J connectivity index is 4.25. The van der Waals surface area contributed by atoms with Gasteiger partial charge in [0.2, 0.25) is 0 Å². The van der Waals surface area contributed by atoms with Crippen LogP contribution in [0.15, 0.2) is 0 Å². The molecule has 2 heteroatoms. The van der Waals surface area contributed by atoms with Crippen LogP contribution in [-0.4, -0.2) is 16.1 Å². The predicted molar refractivity (Wildman–Crippen MR) is 70.0 cm³/mol. The van der Waals surface area contributed by atoms with Gasteiger partial charge in [0.05, 0.1) is 0 Å². The van der Waals surface area contributed by atoms with Crippen molar-refractivity contribution in [3.8, 4) is 0 Å². The fourth-order valence-electron chi connectivity index (χ4n) is 2.27. The van der Waals surface area contributed by atoms with E-state index in [2.05, 4.69) is 40.4 Å². The van der Waals surface area contributed by atoms with Crippen LogP contribution in [0.1, 0.15) is 27.2 Å². The Morgan fingerprint density at radius 2 is 1.38 bits per heavy atom. The summed E-state index contributed by atoms with van der Waals surface area (Å²) in [4.78, 5) is 0. The highest BCUT2D eigenvalue weighted by Gasteiger charge is 2.32. The lowest BCUT2D eigenvalue weighted by Gasteiger charge is -2.33. The maximum atomic E-state index is 2.63. The van der Waals surface area contributed by atoms with E-state index in [-0.39, 0.29) is 0 Å². The quantitative estimate of drug-likeness (QED) is 0.562. The molecule has 0 saturated carbocycles. The second-order valence-corrected chi connectivity index (χ2v) is 16.9. The van der Waals surface area contributed by atoms with E-state index in [1.165, 1.54) is 18.5 Å². The van der Waals surface area contributed by atoms with E-state index in [0.29, 0.717) is 0 Å². The molecule has 1 unspecified atom stereocenters. The van der Waals surface area contributed by atoms with E-state index < -0.39 is 16.1 Å². The molecule has 0 radical (unpaired) electrons. The molecule has 0 aliphatic carbocycles. The average molecular weight is 217 g/mol. The van der Waals surface area contributed by atoms with Gasteiger partial charge in [-0.3, -0.25) is 0 Å². The van der Waals surface area contributed by atoms with Crippen LogP contribution in [0.5, 0.6) is 0 Å². The molecule has 80 valence electrons. The Morgan fingerprint density at radius 1 is 0.846 bits per heavy atom. The molecule has 0 bridgehead atoms. The second kappa shape index (κ2) is 5.35. The van der Waals surface area contributed by atoms with E-state index in [4.69, 9.17) is 0 Å². The highest BCUT2D eigenvalue weighted by Crippen LogP contribution is 2.29. The van der Waals surface area contributed by atoms with Gasteiger partial charge in [-0.2, -0.15) is 0 Å². The van der Waals surface area contributed by atoms with Crippen LogP contribution < -0.4 is 0 Å². The smallest absolute Gasteiger partial charge is 0.0475 e. The van der Waals surface area contributed by atoms with Gasteiger partial charge < -0.3 is 0 Å². The SMILES string of the molecule is CCC[Si](C)(CC)C[Si](C)(C)CC. The molecule has 0 N–H and O–H groups in total. The van der Waals surface area contributed by atoms with Crippen molar-refractivity contribution in [2.45, 2.75) is 70.6 Å². The third-order valence-corrected chi connectivity index (χ3v) is 16.1. The van der Waals surface area contributed by atoms with Crippen LogP contribution >= 0.6 is 0 Å². The van der Waals surface area contributed by atoms with Crippen molar-refractivity contribution in [3.05, 3.63) is 0 Å². The first-order valence-corrected chi connectivity index (χ1v) is 12.4. The normalized spacial score (nSPS) is 17.1. The lowest BCUT2D eigenvalue weighted by atomic mass is 10.6. The van der Waals surface area contributed by atoms with Crippen molar-refractivity contribution < 1.29 is 0 Å². The standard InChI is InChI=1S/C11H28Si2/c1-7-10-13(6,9-3)11-12(4,5)8-2/h7-11H2,1-6H3. The zero-order valence-electron chi connectivity index (χ0n) is 10.5. The molecule has 0 aromatic carbocycles. The summed E-state index contributed by atoms with van der Waals surface area (Å²) in [6.45, 7) is 14.9. The monoisotopic (exact) mass is 216 g/mol. The largest absolute Gasteiger partial charge is 0.0696 e. The summed E-state index contributed by atoms with van der Waals surface area (Å²) in [6, 6.07) is 4.52. The molecule has 0 aliphatic heterocycles. The Labute approximate surface area is 87.2 Å². The van der Waals surface area contributed by atoms with Gasteiger partial charge in [0.15, 0.2) is 0 Å². The van der Waals surface area contributed by atoms with E-state index >= 15 is 0 Å². The molecular weight excluding hydrogens is 188 g/mol. The number of hydrogen-bond acceptors (Lipinski definition) is 0. The average Bonchev–Trinajstić information content (AvgIpc) is 2.04. The van der Waals surface area contributed by atoms with Crippen LogP contribution in [-0.2, 0) is 0 Å². The number of hydrogen-bond donors (Lipinski definition) is 0. The van der Waals surface area contributed by atoms with E-state index in [9.17, 15) is 0 Å². The van der Waals surface area contributed by atoms with E-state index in [1.54, 1.807) is 11.7 Å². The van der Waals surface area contributed by atoms with Crippen LogP contribution in [0, 0.1) is 0 Å². The molecule has 0 amide bonds. The fraction of sp³-hybridized carbons (Fsp3) is 1.00. The van der Waals surface area contributed by atoms with Crippen molar-refractivity contribution in [1.29, 1.82) is 0 Å². The third-order valence-electron chi connectivity index (χ3n) is 3.57. The Bertz CT molecular complexity index is 143. The van der Waals surface area contributed by atoms with Gasteiger partial charge in [-0.05, 0) is 0 Å². The molecule has 0 heterocycles. The first-order chi connectivity index (χ1) is 5.89. The molecule has 0 spiro atoms. The molecular formula is C11H28Si2. The third kappa shape index (κ3) is 5.01. The van der Waals surface area contributed by atoms with Gasteiger partial charge in [0.1, 0.15) is 0 Å². The topological polar surface area (TPSA) is 0 Å². The maximum absolute atomic E-state index is 2.63. The summed E-state index contributed by atoms with van der Waals surface area (Å²) in [5, 5.41) is 0. The second-order valence-electron chi connectivity index (χ2n) is 5.61. The minimum Gasteiger partial charge on any atom is -0.0696 e. The van der Waals surface area contributed by atoms with Crippen LogP contribution in [0.3, 0.4) is 0 Å². The van der Waals surface area contributed by atoms with Crippen LogP contribution in [0.25, 0.3) is 0 Å². The number of rotatable bonds is 6. The Morgan fingerprint density at radius 3 is 1.69 bits per heavy atom. The summed E-state index contributed by atoms with van der Waals surface area (Å²) in [5.74, 6) is 0. The molecule has 0 fully saturated rings. The van der Waals surface area contributed by atoms with Gasteiger partial charge in [0, 0.05) is 16.1 Å². The Kier molecular flexibility index (Phi) is 5.53. The first kappa shape index (κ1) is 13.4. The van der Waals surface area contributed by atoms with Crippen molar-refractivity contribution in [3.63, 3.8) is 0 Å². The van der Waals surface area contributed by atoms with Gasteiger partial charge in [-0.1, -0.05) is 70.6 Å². The lowest BCUT2D eigenvalue weighted by Crippen LogP contribution is -2.40. The molecule has 0 aliphatic rings. The molecule has 1 atom stereocenters. The molecule has 0 rings (SSSR count). The molecule has 0 nitrogen and oxygen atoms in total. The van der Waals surface area contributed by atoms with Crippen LogP contribution in [0.2, 0.25) is 43.4 Å². The van der Waals surface area contributed by atoms with E-state index in [0.717, 1.165) is 0 Å². The molecule has 0 aromatic rings. The molecule has 0 saturated heterocycles. The van der Waals surface area contributed by atoms with Gasteiger partial charge in [-0.15, -0.1) is 0 Å². The fourth-order valence-corrected chi connectivity index (χ4v) is 15.8. The lowest BCUT2D eigenvalue weighted by molar-refractivity contribution is 1.02. The maximum Gasteiger partial charge on any atom is 0.0475 e. The molecule has 13 heavy (non-hydrogen) atoms. The van der Waals surface area contributed by atoms with Gasteiger partial charge in [0.25, 0.3) is 0 Å². The van der Waals surface area contributed by atoms with Crippen molar-refractivity contribution in [1.82, 2.24) is 0 Å². The zero-order valence-corrected chi connectivity index (χ0v) is 12.5. The highest BCUT2D eigenvalue weighted by atomic mass is 28.4. The van der Waals surface area contributed by atoms with Crippen molar-refractivity contribution >= 4 is 16.1 Å². The van der Waals surface area contributed by atoms with E-state index in [1.807, 2.05) is 0 Å². The highest BCUT2D eigenvalue weighted by molar-refractivity contribution is 6.95. The van der Waals surface area contributed by atoms with Gasteiger partial charge >= 0.3 is 0 Å². The Hall–Kier alpha value is 0.434. The summed E-state index contributed by atoms with van der Waals surface area (Å²) in [7, 11) is -1.63. The van der Waals surface area contributed by atoms with Crippen molar-refractivity contribution in [2.24, 2.45) is 0 Å². The predicted octanol–water partition coefficient (Wildman–Crippen LogP) is 4.76. The minimum atomic E-state index is -0.818.